The van der Waals surface area contributed by atoms with Gasteiger partial charge in [0.15, 0.2) is 5.78 Å². The Morgan fingerprint density at radius 3 is 2.50 bits per heavy atom. The fourth-order valence-corrected chi connectivity index (χ4v) is 5.56. The molecule has 6 rings (SSSR count). The second kappa shape index (κ2) is 5.72. The number of carbonyl (C=O) groups excluding carboxylic acids is 2. The Morgan fingerprint density at radius 1 is 1.21 bits per heavy atom. The molecule has 5 aliphatic rings. The number of hydrogen-bond acceptors (Lipinski definition) is 4. The van der Waals surface area contributed by atoms with E-state index in [0.29, 0.717) is 18.5 Å². The number of halogens is 2. The average Bonchev–Trinajstić information content (AvgIpc) is 3.14. The van der Waals surface area contributed by atoms with Crippen molar-refractivity contribution in [3.8, 4) is 0 Å². The highest BCUT2D eigenvalue weighted by Gasteiger charge is 2.72. The molecule has 2 bridgehead atoms. The average molecular weight is 385 g/mol. The molecule has 1 unspecified atom stereocenters. The Balaban J connectivity index is 1.27. The number of carbonyl (C=O) groups is 2. The van der Waals surface area contributed by atoms with Gasteiger partial charge in [-0.15, -0.1) is 0 Å². The van der Waals surface area contributed by atoms with Crippen LogP contribution in [0.2, 0.25) is 0 Å². The van der Waals surface area contributed by atoms with Gasteiger partial charge in [0.1, 0.15) is 11.6 Å². The zero-order chi connectivity index (χ0) is 19.7. The SMILES string of the molecule is CC1=CC(=O)CN1CC12CC(C(=O)N3N=CCC3c3cc(F)cc(F)c3)(C1)C2. The number of hydrogen-bond donors (Lipinski definition) is 0. The fraction of sp³-hybridized carbons (Fsp3) is 0.476. The number of allylic oxidation sites excluding steroid dienone is 1. The smallest absolute Gasteiger partial charge is 0.249 e. The quantitative estimate of drug-likeness (QED) is 0.800. The van der Waals surface area contributed by atoms with Crippen molar-refractivity contribution in [2.75, 3.05) is 13.1 Å². The van der Waals surface area contributed by atoms with Crippen LogP contribution in [0.1, 0.15) is 44.2 Å². The van der Waals surface area contributed by atoms with E-state index < -0.39 is 23.1 Å². The molecule has 0 aromatic heterocycles. The Hall–Kier alpha value is -2.57. The van der Waals surface area contributed by atoms with Crippen molar-refractivity contribution < 1.29 is 18.4 Å². The van der Waals surface area contributed by atoms with Gasteiger partial charge in [-0.05, 0) is 49.3 Å². The molecule has 1 atom stereocenters. The summed E-state index contributed by atoms with van der Waals surface area (Å²) in [5.41, 5.74) is 1.11. The van der Waals surface area contributed by atoms with Gasteiger partial charge in [-0.25, -0.2) is 13.8 Å². The summed E-state index contributed by atoms with van der Waals surface area (Å²) < 4.78 is 27.2. The van der Waals surface area contributed by atoms with Gasteiger partial charge in [-0.1, -0.05) is 0 Å². The van der Waals surface area contributed by atoms with Gasteiger partial charge in [0.2, 0.25) is 5.91 Å². The van der Waals surface area contributed by atoms with Gasteiger partial charge in [0.05, 0.1) is 18.0 Å². The first-order chi connectivity index (χ1) is 13.3. The van der Waals surface area contributed by atoms with E-state index >= 15 is 0 Å². The third-order valence-corrected chi connectivity index (χ3v) is 6.64. The monoisotopic (exact) mass is 385 g/mol. The molecule has 1 aromatic rings. The molecule has 146 valence electrons. The maximum Gasteiger partial charge on any atom is 0.249 e. The maximum absolute atomic E-state index is 13.6. The van der Waals surface area contributed by atoms with Crippen LogP contribution in [0.5, 0.6) is 0 Å². The molecule has 7 heteroatoms. The van der Waals surface area contributed by atoms with Crippen LogP contribution in [0, 0.1) is 22.5 Å². The van der Waals surface area contributed by atoms with Crippen LogP contribution in [-0.4, -0.2) is 40.9 Å². The topological polar surface area (TPSA) is 53.0 Å². The summed E-state index contributed by atoms with van der Waals surface area (Å²) in [6.07, 6.45) is 6.12. The van der Waals surface area contributed by atoms with E-state index in [0.717, 1.165) is 37.6 Å². The van der Waals surface area contributed by atoms with Gasteiger partial charge in [0.25, 0.3) is 0 Å². The van der Waals surface area contributed by atoms with Crippen LogP contribution in [0.15, 0.2) is 35.1 Å². The number of amides is 1. The molecular weight excluding hydrogens is 364 g/mol. The molecule has 3 saturated carbocycles. The van der Waals surface area contributed by atoms with Crippen LogP contribution < -0.4 is 0 Å². The van der Waals surface area contributed by atoms with E-state index in [-0.39, 0.29) is 17.1 Å². The van der Waals surface area contributed by atoms with Crippen molar-refractivity contribution in [3.63, 3.8) is 0 Å². The van der Waals surface area contributed by atoms with E-state index in [4.69, 9.17) is 0 Å². The van der Waals surface area contributed by atoms with E-state index in [9.17, 15) is 18.4 Å². The highest BCUT2D eigenvalue weighted by Crippen LogP contribution is 2.74. The van der Waals surface area contributed by atoms with E-state index in [1.54, 1.807) is 12.3 Å². The normalized spacial score (nSPS) is 33.0. The maximum atomic E-state index is 13.6. The standard InChI is InChI=1S/C21H21F2N3O2/c1-13-4-17(27)8-25(13)12-20-9-21(10-20,11-20)19(28)26-18(2-3-24-26)14-5-15(22)7-16(23)6-14/h3-7,18H,2,8-12H2,1H3. The third kappa shape index (κ3) is 2.52. The Kier molecular flexibility index (Phi) is 3.58. The third-order valence-electron chi connectivity index (χ3n) is 6.64. The van der Waals surface area contributed by atoms with E-state index in [2.05, 4.69) is 10.0 Å². The number of hydrazone groups is 1. The van der Waals surface area contributed by atoms with Crippen LogP contribution in [0.4, 0.5) is 8.78 Å². The van der Waals surface area contributed by atoms with Crippen molar-refractivity contribution in [3.05, 3.63) is 47.2 Å². The lowest BCUT2D eigenvalue weighted by atomic mass is 9.34. The molecule has 0 spiro atoms. The predicted molar refractivity (Wildman–Crippen MR) is 98.1 cm³/mol. The zero-order valence-electron chi connectivity index (χ0n) is 15.6. The lowest BCUT2D eigenvalue weighted by Gasteiger charge is -2.70. The van der Waals surface area contributed by atoms with Crippen LogP contribution in [0.25, 0.3) is 0 Å². The summed E-state index contributed by atoms with van der Waals surface area (Å²) in [5, 5.41) is 5.64. The minimum atomic E-state index is -0.651. The summed E-state index contributed by atoms with van der Waals surface area (Å²) in [6, 6.07) is 2.91. The highest BCUT2D eigenvalue weighted by atomic mass is 19.1. The second-order valence-corrected chi connectivity index (χ2v) is 8.82. The van der Waals surface area contributed by atoms with Gasteiger partial charge in [0, 0.05) is 37.0 Å². The van der Waals surface area contributed by atoms with Gasteiger partial charge in [-0.3, -0.25) is 9.59 Å². The minimum absolute atomic E-state index is 0.0532. The number of nitrogens with zero attached hydrogens (tertiary/aromatic N) is 3. The molecule has 28 heavy (non-hydrogen) atoms. The summed E-state index contributed by atoms with van der Waals surface area (Å²) in [7, 11) is 0. The fourth-order valence-electron chi connectivity index (χ4n) is 5.56. The largest absolute Gasteiger partial charge is 0.367 e. The Labute approximate surface area is 161 Å². The van der Waals surface area contributed by atoms with Gasteiger partial charge < -0.3 is 4.90 Å². The van der Waals surface area contributed by atoms with Crippen molar-refractivity contribution in [1.82, 2.24) is 9.91 Å². The summed E-state index contributed by atoms with van der Waals surface area (Å²) in [4.78, 5) is 26.9. The molecule has 0 radical (unpaired) electrons. The molecule has 0 N–H and O–H groups in total. The lowest BCUT2D eigenvalue weighted by Crippen LogP contribution is -2.70. The molecule has 1 aromatic carbocycles. The zero-order valence-corrected chi connectivity index (χ0v) is 15.6. The molecule has 0 saturated heterocycles. The Morgan fingerprint density at radius 2 is 1.89 bits per heavy atom. The van der Waals surface area contributed by atoms with Crippen LogP contribution >= 0.6 is 0 Å². The number of ketones is 1. The highest BCUT2D eigenvalue weighted by molar-refractivity contribution is 5.94. The molecule has 3 fully saturated rings. The van der Waals surface area contributed by atoms with Crippen molar-refractivity contribution in [2.45, 2.75) is 38.6 Å². The van der Waals surface area contributed by atoms with Crippen molar-refractivity contribution in [1.29, 1.82) is 0 Å². The first-order valence-electron chi connectivity index (χ1n) is 9.58. The molecule has 3 aliphatic carbocycles. The molecule has 5 nitrogen and oxygen atoms in total. The van der Waals surface area contributed by atoms with Crippen molar-refractivity contribution >= 4 is 17.9 Å². The minimum Gasteiger partial charge on any atom is -0.367 e. The van der Waals surface area contributed by atoms with E-state index in [1.807, 2.05) is 6.92 Å². The number of rotatable bonds is 4. The predicted octanol–water partition coefficient (Wildman–Crippen LogP) is 3.18. The van der Waals surface area contributed by atoms with Gasteiger partial charge >= 0.3 is 0 Å². The van der Waals surface area contributed by atoms with Crippen molar-refractivity contribution in [2.24, 2.45) is 15.9 Å². The van der Waals surface area contributed by atoms with Crippen LogP contribution in [0.3, 0.4) is 0 Å². The summed E-state index contributed by atoms with van der Waals surface area (Å²) in [5.74, 6) is -1.22. The summed E-state index contributed by atoms with van der Waals surface area (Å²) >= 11 is 0. The van der Waals surface area contributed by atoms with Crippen LogP contribution in [-0.2, 0) is 9.59 Å². The molecule has 2 heterocycles. The molecular formula is C21H21F2N3O2. The molecule has 2 aliphatic heterocycles. The van der Waals surface area contributed by atoms with Gasteiger partial charge in [-0.2, -0.15) is 5.10 Å². The second-order valence-electron chi connectivity index (χ2n) is 8.82. The first kappa shape index (κ1) is 17.5. The first-order valence-corrected chi connectivity index (χ1v) is 9.58. The Bertz CT molecular complexity index is 915. The lowest BCUT2D eigenvalue weighted by molar-refractivity contribution is -0.221. The molecule has 1 amide bonds. The number of benzene rings is 1. The van der Waals surface area contributed by atoms with E-state index in [1.165, 1.54) is 17.1 Å². The summed E-state index contributed by atoms with van der Waals surface area (Å²) in [6.45, 7) is 3.18.